The Morgan fingerprint density at radius 1 is 1.23 bits per heavy atom. The molecular weight excluding hydrogens is 530 g/mol. The molecule has 1 aromatic carbocycles. The standard InChI is InChI=1S/C20H17F3IN3O4/c1-26-14-5-24-4-13(24)15(14)27-7-10(17(28)18(29)16(27)20(26)31)19(30)25-6-9-11(22)2-8(21)3-12(9)23/h2-3,7,13-15,29H,4-6H2,1H3,(H,25,30)/t13?,14-,15+/m1/s1. The van der Waals surface area contributed by atoms with Crippen LogP contribution in [0.25, 0.3) is 0 Å². The van der Waals surface area contributed by atoms with Crippen molar-refractivity contribution in [1.82, 2.24) is 14.8 Å². The number of carbonyl (C=O) groups is 2. The van der Waals surface area contributed by atoms with Gasteiger partial charge in [-0.25, -0.2) is 4.39 Å². The average molecular weight is 547 g/mol. The first-order chi connectivity index (χ1) is 14.7. The van der Waals surface area contributed by atoms with Gasteiger partial charge in [-0.1, -0.05) is 0 Å². The number of alkyl halides is 3. The molecule has 31 heavy (non-hydrogen) atoms. The van der Waals surface area contributed by atoms with Gasteiger partial charge in [0, 0.05) is 0 Å². The molecular formula is C20H17F3IN3O4. The number of pyridine rings is 1. The van der Waals surface area contributed by atoms with Gasteiger partial charge in [-0.05, 0) is 0 Å². The maximum absolute atomic E-state index is 13.8. The molecule has 3 aliphatic heterocycles. The van der Waals surface area contributed by atoms with E-state index in [2.05, 4.69) is 5.32 Å². The van der Waals surface area contributed by atoms with E-state index in [9.17, 15) is 32.7 Å². The minimum absolute atomic E-state index is 0.0239. The van der Waals surface area contributed by atoms with Crippen molar-refractivity contribution < 1.29 is 27.9 Å². The maximum atomic E-state index is 13.8. The summed E-state index contributed by atoms with van der Waals surface area (Å²) in [5, 5.41) is 12.7. The summed E-state index contributed by atoms with van der Waals surface area (Å²) >= 11 is -1.13. The number of amides is 2. The first-order valence-corrected chi connectivity index (χ1v) is 13.8. The van der Waals surface area contributed by atoms with Crippen molar-refractivity contribution in [2.45, 2.75) is 22.6 Å². The van der Waals surface area contributed by atoms with E-state index in [0.29, 0.717) is 16.1 Å². The number of aromatic hydroxyl groups is 1. The molecule has 2 fully saturated rings. The number of rotatable bonds is 3. The number of hydrogen-bond acceptors (Lipinski definition) is 4. The zero-order valence-corrected chi connectivity index (χ0v) is 18.3. The summed E-state index contributed by atoms with van der Waals surface area (Å²) in [4.78, 5) is 39.6. The molecule has 1 unspecified atom stereocenters. The minimum atomic E-state index is -1.17. The third-order valence-corrected chi connectivity index (χ3v) is 12.5. The molecule has 5 rings (SSSR count). The number of benzene rings is 1. The Hall–Kier alpha value is -2.57. The Balaban J connectivity index is 1.50. The van der Waals surface area contributed by atoms with Gasteiger partial charge in [-0.3, -0.25) is 0 Å². The number of nitrogens with one attached hydrogen (secondary N) is 1. The van der Waals surface area contributed by atoms with Crippen molar-refractivity contribution in [2.75, 3.05) is 15.9 Å². The zero-order chi connectivity index (χ0) is 22.2. The van der Waals surface area contributed by atoms with E-state index >= 15 is 0 Å². The van der Waals surface area contributed by atoms with Gasteiger partial charge in [-0.15, -0.1) is 0 Å². The number of likely N-dealkylation sites (N-methyl/N-ethyl adjacent to an activating group) is 1. The molecule has 0 bridgehead atoms. The number of aromatic nitrogens is 1. The van der Waals surface area contributed by atoms with E-state index in [4.69, 9.17) is 0 Å². The van der Waals surface area contributed by atoms with E-state index in [0.717, 1.165) is 8.86 Å². The molecule has 2 aromatic rings. The fraction of sp³-hybridized carbons (Fsp3) is 0.350. The molecule has 3 aliphatic rings. The molecule has 7 nitrogen and oxygen atoms in total. The normalized spacial score (nSPS) is 24.5. The summed E-state index contributed by atoms with van der Waals surface area (Å²) in [6.07, 6.45) is 1.27. The SMILES string of the molecule is CN1C(=O)c2c(O)c(=O)c(C(=O)NCc3c(F)cc(F)cc3F)cn2[C@H]2C3CI3C[C@H]21. The Kier molecular flexibility index (Phi) is 4.57. The molecule has 164 valence electrons. The molecule has 1 aromatic heterocycles. The van der Waals surface area contributed by atoms with Crippen LogP contribution in [-0.2, 0) is 6.54 Å². The first kappa shape index (κ1) is 20.3. The van der Waals surface area contributed by atoms with Crippen molar-refractivity contribution in [3.8, 4) is 5.75 Å². The van der Waals surface area contributed by atoms with Gasteiger partial charge in [-0.2, -0.15) is 0 Å². The van der Waals surface area contributed by atoms with Crippen LogP contribution < -0.4 is 10.7 Å². The third-order valence-electron chi connectivity index (χ3n) is 6.09. The fourth-order valence-electron chi connectivity index (χ4n) is 4.39. The molecule has 0 radical (unpaired) electrons. The number of hydrogen-bond donors (Lipinski definition) is 2. The van der Waals surface area contributed by atoms with Crippen LogP contribution in [0.1, 0.15) is 32.5 Å². The molecule has 3 atom stereocenters. The van der Waals surface area contributed by atoms with Crippen molar-refractivity contribution in [3.63, 3.8) is 0 Å². The Morgan fingerprint density at radius 2 is 1.90 bits per heavy atom. The van der Waals surface area contributed by atoms with Crippen molar-refractivity contribution in [1.29, 1.82) is 0 Å². The Morgan fingerprint density at radius 3 is 2.58 bits per heavy atom. The van der Waals surface area contributed by atoms with Gasteiger partial charge in [0.2, 0.25) is 0 Å². The predicted octanol–water partition coefficient (Wildman–Crippen LogP) is 1.80. The van der Waals surface area contributed by atoms with Crippen LogP contribution in [0.5, 0.6) is 5.75 Å². The topological polar surface area (TPSA) is 91.6 Å². The molecule has 0 spiro atoms. The van der Waals surface area contributed by atoms with E-state index in [1.807, 2.05) is 0 Å². The molecule has 2 N–H and O–H groups in total. The van der Waals surface area contributed by atoms with Crippen molar-refractivity contribution in [2.24, 2.45) is 0 Å². The van der Waals surface area contributed by atoms with Gasteiger partial charge in [0.1, 0.15) is 0 Å². The predicted molar refractivity (Wildman–Crippen MR) is 112 cm³/mol. The summed E-state index contributed by atoms with van der Waals surface area (Å²) in [6.45, 7) is -0.620. The second kappa shape index (κ2) is 6.97. The van der Waals surface area contributed by atoms with E-state index in [-0.39, 0.29) is 17.8 Å². The fourth-order valence-corrected chi connectivity index (χ4v) is 12.5. The summed E-state index contributed by atoms with van der Waals surface area (Å²) in [7, 11) is 1.65. The molecule has 0 saturated carbocycles. The van der Waals surface area contributed by atoms with Crippen LogP contribution in [0, 0.1) is 17.5 Å². The molecule has 4 heterocycles. The number of halogens is 4. The summed E-state index contributed by atoms with van der Waals surface area (Å²) < 4.78 is 44.8. The van der Waals surface area contributed by atoms with Crippen LogP contribution >= 0.6 is 19.8 Å². The summed E-state index contributed by atoms with van der Waals surface area (Å²) in [5.41, 5.74) is -2.15. The number of carbonyl (C=O) groups excluding carboxylic acids is 2. The van der Waals surface area contributed by atoms with Crippen LogP contribution in [0.15, 0.2) is 23.1 Å². The van der Waals surface area contributed by atoms with Crippen molar-refractivity contribution >= 4 is 31.6 Å². The second-order valence-corrected chi connectivity index (χ2v) is 14.0. The molecule has 11 heteroatoms. The average Bonchev–Trinajstić information content (AvgIpc) is 3.37. The Labute approximate surface area is 181 Å². The number of fused-ring (bicyclic) bond motifs is 5. The van der Waals surface area contributed by atoms with Gasteiger partial charge in [0.15, 0.2) is 0 Å². The van der Waals surface area contributed by atoms with E-state index in [1.165, 1.54) is 6.20 Å². The molecule has 2 saturated heterocycles. The Bertz CT molecular complexity index is 1190. The van der Waals surface area contributed by atoms with Crippen LogP contribution in [0.2, 0.25) is 0 Å². The van der Waals surface area contributed by atoms with E-state index < -0.39 is 77.9 Å². The van der Waals surface area contributed by atoms with E-state index in [1.54, 1.807) is 16.5 Å². The van der Waals surface area contributed by atoms with Crippen LogP contribution in [0.4, 0.5) is 13.2 Å². The van der Waals surface area contributed by atoms with Gasteiger partial charge < -0.3 is 0 Å². The van der Waals surface area contributed by atoms with Crippen LogP contribution in [0.3, 0.4) is 0 Å². The van der Waals surface area contributed by atoms with Crippen molar-refractivity contribution in [3.05, 3.63) is 62.8 Å². The van der Waals surface area contributed by atoms with Crippen LogP contribution in [-0.4, -0.2) is 52.3 Å². The molecule has 2 amide bonds. The number of nitrogens with zero attached hydrogens (tertiary/aromatic N) is 2. The monoisotopic (exact) mass is 547 g/mol. The zero-order valence-electron chi connectivity index (χ0n) is 16.2. The molecule has 0 aliphatic carbocycles. The van der Waals surface area contributed by atoms with Gasteiger partial charge in [0.05, 0.1) is 0 Å². The quantitative estimate of drug-likeness (QED) is 0.453. The summed E-state index contributed by atoms with van der Waals surface area (Å²) in [6, 6.07) is 0.864. The summed E-state index contributed by atoms with van der Waals surface area (Å²) in [5.74, 6) is -5.67. The van der Waals surface area contributed by atoms with Gasteiger partial charge in [0.25, 0.3) is 0 Å². The third kappa shape index (κ3) is 3.04. The first-order valence-electron chi connectivity index (χ1n) is 9.46. The second-order valence-electron chi connectivity index (χ2n) is 7.80. The van der Waals surface area contributed by atoms with Gasteiger partial charge >= 0.3 is 177 Å².